The lowest BCUT2D eigenvalue weighted by Crippen LogP contribution is -2.52. The Morgan fingerprint density at radius 1 is 1.10 bits per heavy atom. The second-order valence-electron chi connectivity index (χ2n) is 9.25. The Bertz CT molecular complexity index is 870. The first-order valence-electron chi connectivity index (χ1n) is 11.3. The summed E-state index contributed by atoms with van der Waals surface area (Å²) in [4.78, 5) is 38.1. The van der Waals surface area contributed by atoms with Gasteiger partial charge in [-0.2, -0.15) is 0 Å². The molecule has 0 bridgehead atoms. The van der Waals surface area contributed by atoms with Crippen LogP contribution >= 0.6 is 0 Å². The molecular formula is C23H30N4O3. The average Bonchev–Trinajstić information content (AvgIpc) is 3.30. The van der Waals surface area contributed by atoms with E-state index in [1.54, 1.807) is 4.90 Å². The molecule has 1 saturated carbocycles. The summed E-state index contributed by atoms with van der Waals surface area (Å²) in [6.45, 7) is 3.28. The molecule has 1 aromatic rings. The van der Waals surface area contributed by atoms with Crippen LogP contribution in [0.4, 0.5) is 0 Å². The Morgan fingerprint density at radius 2 is 1.97 bits per heavy atom. The number of imide groups is 1. The minimum absolute atomic E-state index is 0.105. The fourth-order valence-electron chi connectivity index (χ4n) is 5.77. The van der Waals surface area contributed by atoms with E-state index < -0.39 is 6.04 Å². The molecule has 5 rings (SSSR count). The van der Waals surface area contributed by atoms with E-state index in [2.05, 4.69) is 22.0 Å². The minimum atomic E-state index is -0.553. The van der Waals surface area contributed by atoms with Crippen LogP contribution in [-0.2, 0) is 22.7 Å². The number of nitrogens with zero attached hydrogens (tertiary/aromatic N) is 1. The number of benzene rings is 1. The maximum absolute atomic E-state index is 12.9. The molecule has 7 heteroatoms. The molecule has 3 heterocycles. The highest BCUT2D eigenvalue weighted by molar-refractivity contribution is 6.05. The van der Waals surface area contributed by atoms with E-state index in [0.717, 1.165) is 36.7 Å². The molecule has 160 valence electrons. The molecule has 4 aliphatic rings. The van der Waals surface area contributed by atoms with Crippen molar-refractivity contribution in [2.75, 3.05) is 13.1 Å². The van der Waals surface area contributed by atoms with Crippen molar-refractivity contribution in [1.29, 1.82) is 0 Å². The predicted octanol–water partition coefficient (Wildman–Crippen LogP) is 1.32. The second-order valence-corrected chi connectivity index (χ2v) is 9.25. The lowest BCUT2D eigenvalue weighted by Gasteiger charge is -2.29. The molecule has 7 nitrogen and oxygen atoms in total. The molecule has 4 unspecified atom stereocenters. The third-order valence-corrected chi connectivity index (χ3v) is 7.40. The quantitative estimate of drug-likeness (QED) is 0.637. The highest BCUT2D eigenvalue weighted by atomic mass is 16.2. The molecule has 2 saturated heterocycles. The van der Waals surface area contributed by atoms with Crippen LogP contribution in [0.2, 0.25) is 0 Å². The first-order valence-corrected chi connectivity index (χ1v) is 11.3. The zero-order valence-electron chi connectivity index (χ0n) is 17.3. The first kappa shape index (κ1) is 19.7. The molecule has 0 radical (unpaired) electrons. The van der Waals surface area contributed by atoms with Gasteiger partial charge in [0.05, 0.1) is 0 Å². The van der Waals surface area contributed by atoms with Crippen molar-refractivity contribution in [2.45, 2.75) is 63.7 Å². The van der Waals surface area contributed by atoms with Gasteiger partial charge in [0, 0.05) is 31.1 Å². The average molecular weight is 411 g/mol. The van der Waals surface area contributed by atoms with Crippen molar-refractivity contribution in [2.24, 2.45) is 11.8 Å². The molecular weight excluding hydrogens is 380 g/mol. The molecule has 3 N–H and O–H groups in total. The van der Waals surface area contributed by atoms with Crippen LogP contribution in [0.25, 0.3) is 0 Å². The van der Waals surface area contributed by atoms with Crippen LogP contribution in [0.1, 0.15) is 60.0 Å². The Balaban J connectivity index is 1.19. The maximum atomic E-state index is 12.9. The van der Waals surface area contributed by atoms with Gasteiger partial charge in [-0.3, -0.25) is 19.7 Å². The van der Waals surface area contributed by atoms with Gasteiger partial charge in [-0.25, -0.2) is 0 Å². The lowest BCUT2D eigenvalue weighted by molar-refractivity contribution is -0.136. The fourth-order valence-corrected chi connectivity index (χ4v) is 5.77. The summed E-state index contributed by atoms with van der Waals surface area (Å²) in [5.74, 6) is 0.766. The van der Waals surface area contributed by atoms with E-state index in [4.69, 9.17) is 0 Å². The summed E-state index contributed by atoms with van der Waals surface area (Å²) in [5, 5.41) is 9.65. The van der Waals surface area contributed by atoms with Crippen LogP contribution in [0.5, 0.6) is 0 Å². The number of piperidine rings is 1. The summed E-state index contributed by atoms with van der Waals surface area (Å²) in [6.07, 6.45) is 6.05. The molecule has 4 atom stereocenters. The summed E-state index contributed by atoms with van der Waals surface area (Å²) >= 11 is 0. The van der Waals surface area contributed by atoms with Crippen LogP contribution in [0.15, 0.2) is 18.2 Å². The zero-order chi connectivity index (χ0) is 20.7. The number of amides is 3. The Labute approximate surface area is 177 Å². The van der Waals surface area contributed by atoms with Crippen molar-refractivity contribution in [3.05, 3.63) is 34.9 Å². The largest absolute Gasteiger partial charge is 0.322 e. The summed E-state index contributed by atoms with van der Waals surface area (Å²) in [7, 11) is 0. The molecule has 1 aromatic carbocycles. The number of fused-ring (bicyclic) bond motifs is 2. The Morgan fingerprint density at radius 3 is 2.83 bits per heavy atom. The van der Waals surface area contributed by atoms with E-state index in [1.807, 2.05) is 12.1 Å². The monoisotopic (exact) mass is 410 g/mol. The third-order valence-electron chi connectivity index (χ3n) is 7.40. The van der Waals surface area contributed by atoms with Crippen molar-refractivity contribution >= 4 is 17.7 Å². The summed E-state index contributed by atoms with van der Waals surface area (Å²) < 4.78 is 0. The first-order chi connectivity index (χ1) is 14.6. The smallest absolute Gasteiger partial charge is 0.255 e. The topological polar surface area (TPSA) is 90.5 Å². The van der Waals surface area contributed by atoms with E-state index in [1.165, 1.54) is 25.7 Å². The molecule has 0 spiro atoms. The van der Waals surface area contributed by atoms with Crippen molar-refractivity contribution in [1.82, 2.24) is 20.9 Å². The SMILES string of the molecule is O=C1CCC(N2Cc3ccc(CNCC4CNC5CCCCC45)cc3C2=O)C(=O)N1. The number of hydrogen-bond acceptors (Lipinski definition) is 5. The third kappa shape index (κ3) is 3.65. The molecule has 1 aliphatic carbocycles. The van der Waals surface area contributed by atoms with E-state index in [-0.39, 0.29) is 24.1 Å². The molecule has 3 aliphatic heterocycles. The highest BCUT2D eigenvalue weighted by Gasteiger charge is 2.39. The molecule has 3 fully saturated rings. The van der Waals surface area contributed by atoms with Crippen molar-refractivity contribution in [3.8, 4) is 0 Å². The molecule has 3 amide bonds. The van der Waals surface area contributed by atoms with Gasteiger partial charge in [-0.1, -0.05) is 25.0 Å². The van der Waals surface area contributed by atoms with Gasteiger partial charge in [-0.15, -0.1) is 0 Å². The van der Waals surface area contributed by atoms with Crippen LogP contribution < -0.4 is 16.0 Å². The Hall–Kier alpha value is -2.25. The molecule has 0 aromatic heterocycles. The fraction of sp³-hybridized carbons (Fsp3) is 0.609. The number of carbonyl (C=O) groups is 3. The van der Waals surface area contributed by atoms with Gasteiger partial charge in [0.2, 0.25) is 11.8 Å². The summed E-state index contributed by atoms with van der Waals surface area (Å²) in [5.41, 5.74) is 2.74. The van der Waals surface area contributed by atoms with Gasteiger partial charge in [0.1, 0.15) is 6.04 Å². The lowest BCUT2D eigenvalue weighted by atomic mass is 9.80. The second kappa shape index (κ2) is 8.12. The van der Waals surface area contributed by atoms with E-state index in [9.17, 15) is 14.4 Å². The number of hydrogen-bond donors (Lipinski definition) is 3. The highest BCUT2D eigenvalue weighted by Crippen LogP contribution is 2.34. The van der Waals surface area contributed by atoms with Crippen LogP contribution in [0.3, 0.4) is 0 Å². The van der Waals surface area contributed by atoms with Gasteiger partial charge >= 0.3 is 0 Å². The zero-order valence-corrected chi connectivity index (χ0v) is 17.3. The minimum Gasteiger partial charge on any atom is -0.322 e. The number of nitrogens with one attached hydrogen (secondary N) is 3. The predicted molar refractivity (Wildman–Crippen MR) is 111 cm³/mol. The number of rotatable bonds is 5. The van der Waals surface area contributed by atoms with Crippen molar-refractivity contribution < 1.29 is 14.4 Å². The van der Waals surface area contributed by atoms with Gasteiger partial charge < -0.3 is 15.5 Å². The maximum Gasteiger partial charge on any atom is 0.255 e. The summed E-state index contributed by atoms with van der Waals surface area (Å²) in [6, 6.07) is 6.20. The van der Waals surface area contributed by atoms with E-state index in [0.29, 0.717) is 30.5 Å². The Kier molecular flexibility index (Phi) is 5.33. The van der Waals surface area contributed by atoms with E-state index >= 15 is 0 Å². The normalized spacial score (nSPS) is 30.9. The van der Waals surface area contributed by atoms with Gasteiger partial charge in [0.15, 0.2) is 0 Å². The molecule has 30 heavy (non-hydrogen) atoms. The standard InChI is InChI=1S/C23H30N4O3/c28-21-8-7-20(22(29)26-21)27-13-15-6-5-14(9-18(15)23(27)30)10-24-11-16-12-25-19-4-2-1-3-17(16)19/h5-6,9,16-17,19-20,24-25H,1-4,7-8,10-13H2,(H,26,28,29). The van der Waals surface area contributed by atoms with Crippen molar-refractivity contribution in [3.63, 3.8) is 0 Å². The van der Waals surface area contributed by atoms with Crippen LogP contribution in [-0.4, -0.2) is 47.8 Å². The van der Waals surface area contributed by atoms with Gasteiger partial charge in [-0.05, 0) is 61.4 Å². The van der Waals surface area contributed by atoms with Gasteiger partial charge in [0.25, 0.3) is 5.91 Å². The van der Waals surface area contributed by atoms with Crippen LogP contribution in [0, 0.1) is 11.8 Å². The number of carbonyl (C=O) groups excluding carboxylic acids is 3.